The first kappa shape index (κ1) is 18.4. The Morgan fingerprint density at radius 1 is 1.37 bits per heavy atom. The summed E-state index contributed by atoms with van der Waals surface area (Å²) in [5.41, 5.74) is 1.87. The Morgan fingerprint density at radius 2 is 2.11 bits per heavy atom. The average Bonchev–Trinajstić information content (AvgIpc) is 3.02. The molecule has 2 atom stereocenters. The van der Waals surface area contributed by atoms with Crippen molar-refractivity contribution in [1.29, 1.82) is 0 Å². The number of nitrogens with zero attached hydrogens (tertiary/aromatic N) is 3. The standard InChI is InChI=1S/C19H28N4O4/c1-12-20-17(27-22-12)15-10-19(6-7-19)11-23(15)18(25)14(9-16(24)21-26)8-13-4-2-3-5-13/h13-15,26H,2-11H2,1H3,(H,21,24)/t14-,15+/m1/s1. The molecule has 27 heavy (non-hydrogen) atoms. The molecule has 1 aromatic heterocycles. The lowest BCUT2D eigenvalue weighted by Crippen LogP contribution is -2.39. The second-order valence-electron chi connectivity index (χ2n) is 8.69. The molecule has 1 saturated heterocycles. The number of hydrogen-bond acceptors (Lipinski definition) is 6. The third-order valence-corrected chi connectivity index (χ3v) is 6.58. The van der Waals surface area contributed by atoms with Gasteiger partial charge in [-0.25, -0.2) is 5.48 Å². The number of rotatable bonds is 6. The highest BCUT2D eigenvalue weighted by Gasteiger charge is 2.55. The fourth-order valence-corrected chi connectivity index (χ4v) is 4.92. The quantitative estimate of drug-likeness (QED) is 0.583. The second kappa shape index (κ2) is 7.22. The molecule has 1 aromatic rings. The van der Waals surface area contributed by atoms with Crippen LogP contribution in [0.15, 0.2) is 4.52 Å². The van der Waals surface area contributed by atoms with E-state index in [0.29, 0.717) is 30.6 Å². The Hall–Kier alpha value is -1.96. The first-order chi connectivity index (χ1) is 13.0. The van der Waals surface area contributed by atoms with Gasteiger partial charge in [-0.1, -0.05) is 30.8 Å². The Morgan fingerprint density at radius 3 is 2.70 bits per heavy atom. The zero-order valence-corrected chi connectivity index (χ0v) is 15.8. The number of hydroxylamine groups is 1. The van der Waals surface area contributed by atoms with Crippen LogP contribution in [0.5, 0.6) is 0 Å². The van der Waals surface area contributed by atoms with Gasteiger partial charge < -0.3 is 9.42 Å². The van der Waals surface area contributed by atoms with E-state index in [2.05, 4.69) is 10.1 Å². The predicted octanol–water partition coefficient (Wildman–Crippen LogP) is 2.52. The van der Waals surface area contributed by atoms with Gasteiger partial charge in [0.2, 0.25) is 17.7 Å². The Labute approximate surface area is 158 Å². The number of likely N-dealkylation sites (tertiary alicyclic amines) is 1. The van der Waals surface area contributed by atoms with Crippen molar-refractivity contribution in [2.45, 2.75) is 70.8 Å². The molecule has 0 bridgehead atoms. The molecule has 3 aliphatic rings. The van der Waals surface area contributed by atoms with Crippen LogP contribution in [0.4, 0.5) is 0 Å². The highest BCUT2D eigenvalue weighted by atomic mass is 16.5. The Bertz CT molecular complexity index is 708. The summed E-state index contributed by atoms with van der Waals surface area (Å²) in [6.45, 7) is 2.47. The van der Waals surface area contributed by atoms with Crippen LogP contribution in [-0.4, -0.2) is 38.6 Å². The van der Waals surface area contributed by atoms with Crippen molar-refractivity contribution >= 4 is 11.8 Å². The number of nitrogens with one attached hydrogen (secondary N) is 1. The van der Waals surface area contributed by atoms with Gasteiger partial charge in [-0.05, 0) is 43.9 Å². The van der Waals surface area contributed by atoms with Gasteiger partial charge in [0.1, 0.15) is 6.04 Å². The highest BCUT2D eigenvalue weighted by molar-refractivity contribution is 5.86. The van der Waals surface area contributed by atoms with E-state index in [1.54, 1.807) is 12.4 Å². The van der Waals surface area contributed by atoms with Crippen molar-refractivity contribution < 1.29 is 19.3 Å². The van der Waals surface area contributed by atoms with Gasteiger partial charge in [-0.15, -0.1) is 0 Å². The molecule has 4 rings (SSSR count). The summed E-state index contributed by atoms with van der Waals surface area (Å²) in [5.74, 6) is 0.604. The van der Waals surface area contributed by atoms with E-state index in [1.807, 2.05) is 4.90 Å². The number of carbonyl (C=O) groups is 2. The van der Waals surface area contributed by atoms with E-state index >= 15 is 0 Å². The lowest BCUT2D eigenvalue weighted by Gasteiger charge is -2.28. The second-order valence-corrected chi connectivity index (χ2v) is 8.69. The van der Waals surface area contributed by atoms with Gasteiger partial charge in [-0.2, -0.15) is 4.98 Å². The van der Waals surface area contributed by atoms with E-state index < -0.39 is 11.8 Å². The summed E-state index contributed by atoms with van der Waals surface area (Å²) >= 11 is 0. The summed E-state index contributed by atoms with van der Waals surface area (Å²) < 4.78 is 5.39. The van der Waals surface area contributed by atoms with Crippen LogP contribution < -0.4 is 5.48 Å². The molecule has 8 heteroatoms. The maximum Gasteiger partial charge on any atom is 0.249 e. The summed E-state index contributed by atoms with van der Waals surface area (Å²) in [7, 11) is 0. The molecule has 0 aromatic carbocycles. The fourth-order valence-electron chi connectivity index (χ4n) is 4.92. The van der Waals surface area contributed by atoms with Crippen LogP contribution >= 0.6 is 0 Å². The van der Waals surface area contributed by atoms with Crippen LogP contribution in [0.25, 0.3) is 0 Å². The van der Waals surface area contributed by atoms with Crippen LogP contribution in [-0.2, 0) is 9.59 Å². The molecule has 8 nitrogen and oxygen atoms in total. The van der Waals surface area contributed by atoms with Gasteiger partial charge in [0.25, 0.3) is 0 Å². The van der Waals surface area contributed by atoms with Crippen molar-refractivity contribution in [3.05, 3.63) is 11.7 Å². The van der Waals surface area contributed by atoms with Gasteiger partial charge in [0.15, 0.2) is 5.82 Å². The van der Waals surface area contributed by atoms with Crippen molar-refractivity contribution in [1.82, 2.24) is 20.5 Å². The summed E-state index contributed by atoms with van der Waals surface area (Å²) in [4.78, 5) is 31.5. The number of carbonyl (C=O) groups excluding carboxylic acids is 2. The molecule has 2 N–H and O–H groups in total. The predicted molar refractivity (Wildman–Crippen MR) is 94.4 cm³/mol. The number of aryl methyl sites for hydroxylation is 1. The molecule has 2 saturated carbocycles. The highest BCUT2D eigenvalue weighted by Crippen LogP contribution is 2.58. The molecule has 2 aliphatic carbocycles. The minimum absolute atomic E-state index is 0.0184. The van der Waals surface area contributed by atoms with Crippen molar-refractivity contribution in [3.8, 4) is 0 Å². The van der Waals surface area contributed by atoms with Crippen LogP contribution in [0, 0.1) is 24.2 Å². The van der Waals surface area contributed by atoms with E-state index in [-0.39, 0.29) is 23.8 Å². The maximum absolute atomic E-state index is 13.5. The van der Waals surface area contributed by atoms with Gasteiger partial charge in [0.05, 0.1) is 0 Å². The van der Waals surface area contributed by atoms with Crippen LogP contribution in [0.3, 0.4) is 0 Å². The monoisotopic (exact) mass is 376 g/mol. The van der Waals surface area contributed by atoms with E-state index in [9.17, 15) is 9.59 Å². The minimum Gasteiger partial charge on any atom is -0.337 e. The van der Waals surface area contributed by atoms with E-state index in [1.165, 1.54) is 12.8 Å². The molecule has 0 radical (unpaired) electrons. The zero-order chi connectivity index (χ0) is 19.0. The third kappa shape index (κ3) is 3.85. The first-order valence-corrected chi connectivity index (χ1v) is 10.0. The zero-order valence-electron chi connectivity index (χ0n) is 15.8. The van der Waals surface area contributed by atoms with Crippen LogP contribution in [0.2, 0.25) is 0 Å². The maximum atomic E-state index is 13.5. The minimum atomic E-state index is -0.503. The van der Waals surface area contributed by atoms with Gasteiger partial charge in [-0.3, -0.25) is 14.8 Å². The summed E-state index contributed by atoms with van der Waals surface area (Å²) in [6.07, 6.45) is 8.40. The Balaban J connectivity index is 1.54. The Kier molecular flexibility index (Phi) is 4.92. The summed E-state index contributed by atoms with van der Waals surface area (Å²) in [5, 5.41) is 12.9. The largest absolute Gasteiger partial charge is 0.337 e. The topological polar surface area (TPSA) is 109 Å². The number of aromatic nitrogens is 2. The summed E-state index contributed by atoms with van der Waals surface area (Å²) in [6, 6.07) is -0.204. The molecule has 148 valence electrons. The van der Waals surface area contributed by atoms with Crippen molar-refractivity contribution in [3.63, 3.8) is 0 Å². The smallest absolute Gasteiger partial charge is 0.249 e. The number of amides is 2. The van der Waals surface area contributed by atoms with Crippen molar-refractivity contribution in [2.75, 3.05) is 6.54 Å². The molecule has 1 aliphatic heterocycles. The number of hydrogen-bond donors (Lipinski definition) is 2. The van der Waals surface area contributed by atoms with E-state index in [4.69, 9.17) is 9.73 Å². The third-order valence-electron chi connectivity index (χ3n) is 6.58. The SMILES string of the molecule is Cc1noc([C@@H]2CC3(CC3)CN2C(=O)[C@@H](CC(=O)NO)CC2CCCC2)n1. The molecule has 0 unspecified atom stereocenters. The van der Waals surface area contributed by atoms with Gasteiger partial charge >= 0.3 is 0 Å². The lowest BCUT2D eigenvalue weighted by atomic mass is 9.89. The van der Waals surface area contributed by atoms with Crippen molar-refractivity contribution in [2.24, 2.45) is 17.3 Å². The molecule has 2 amide bonds. The first-order valence-electron chi connectivity index (χ1n) is 10.0. The van der Waals surface area contributed by atoms with Crippen LogP contribution in [0.1, 0.15) is 75.5 Å². The fraction of sp³-hybridized carbons (Fsp3) is 0.789. The molecular weight excluding hydrogens is 348 g/mol. The normalized spacial score (nSPS) is 25.1. The van der Waals surface area contributed by atoms with E-state index in [0.717, 1.165) is 32.1 Å². The average molecular weight is 376 g/mol. The lowest BCUT2D eigenvalue weighted by molar-refractivity contribution is -0.142. The molecule has 1 spiro atoms. The van der Waals surface area contributed by atoms with Gasteiger partial charge in [0, 0.05) is 18.9 Å². The molecular formula is C19H28N4O4. The molecule has 3 fully saturated rings. The molecule has 2 heterocycles.